The average molecular weight is 360 g/mol. The highest BCUT2D eigenvalue weighted by Crippen LogP contribution is 2.56. The number of hydrogen-bond donors (Lipinski definition) is 2. The first-order valence-corrected chi connectivity index (χ1v) is 9.61. The summed E-state index contributed by atoms with van der Waals surface area (Å²) in [5.41, 5.74) is 13.1. The zero-order valence-electron chi connectivity index (χ0n) is 13.8. The first-order valence-electron chi connectivity index (χ1n) is 8.07. The summed E-state index contributed by atoms with van der Waals surface area (Å²) in [5.74, 6) is 0.881. The molecule has 1 heterocycles. The Kier molecular flexibility index (Phi) is 3.57. The van der Waals surface area contributed by atoms with Crippen LogP contribution in [-0.4, -0.2) is 32.5 Å². The lowest BCUT2D eigenvalue weighted by molar-refractivity contribution is 0.174. The molecule has 0 unspecified atom stereocenters. The number of hydrogen-bond acceptors (Lipinski definition) is 6. The number of ether oxygens (including phenoxy) is 2. The van der Waals surface area contributed by atoms with Crippen LogP contribution in [0.1, 0.15) is 17.0 Å². The van der Waals surface area contributed by atoms with E-state index in [1.807, 2.05) is 13.0 Å². The molecule has 1 aliphatic carbocycles. The van der Waals surface area contributed by atoms with Crippen LogP contribution in [0.5, 0.6) is 11.5 Å². The van der Waals surface area contributed by atoms with Gasteiger partial charge in [-0.3, -0.25) is 0 Å². The topological polar surface area (TPSA) is 105 Å². The Balaban J connectivity index is 1.73. The van der Waals surface area contributed by atoms with Crippen molar-refractivity contribution in [3.63, 3.8) is 0 Å². The lowest BCUT2D eigenvalue weighted by Gasteiger charge is -2.09. The third kappa shape index (κ3) is 2.42. The van der Waals surface area contributed by atoms with Gasteiger partial charge in [-0.2, -0.15) is 0 Å². The molecule has 2 aromatic carbocycles. The van der Waals surface area contributed by atoms with Crippen LogP contribution < -0.4 is 20.9 Å². The third-order valence-corrected chi connectivity index (χ3v) is 7.40. The second-order valence-electron chi connectivity index (χ2n) is 6.69. The van der Waals surface area contributed by atoms with Gasteiger partial charge in [0.05, 0.1) is 15.7 Å². The van der Waals surface area contributed by atoms with Crippen molar-refractivity contribution in [1.29, 1.82) is 0 Å². The molecule has 2 aliphatic rings. The van der Waals surface area contributed by atoms with E-state index in [-0.39, 0.29) is 24.2 Å². The molecule has 0 saturated heterocycles. The predicted molar refractivity (Wildman–Crippen MR) is 93.4 cm³/mol. The average Bonchev–Trinajstić information content (AvgIpc) is 2.99. The van der Waals surface area contributed by atoms with Gasteiger partial charge in [-0.05, 0) is 36.8 Å². The summed E-state index contributed by atoms with van der Waals surface area (Å²) in [5, 5.41) is -0.756. The molecule has 6 nitrogen and oxygen atoms in total. The smallest absolute Gasteiger partial charge is 0.231 e. The van der Waals surface area contributed by atoms with Crippen LogP contribution in [0, 0.1) is 6.92 Å². The quantitative estimate of drug-likeness (QED) is 0.852. The van der Waals surface area contributed by atoms with E-state index in [2.05, 4.69) is 0 Å². The van der Waals surface area contributed by atoms with Gasteiger partial charge in [0.2, 0.25) is 6.79 Å². The van der Waals surface area contributed by atoms with Crippen LogP contribution in [-0.2, 0) is 9.84 Å². The van der Waals surface area contributed by atoms with Gasteiger partial charge >= 0.3 is 0 Å². The summed E-state index contributed by atoms with van der Waals surface area (Å²) in [6.07, 6.45) is 0. The van der Waals surface area contributed by atoms with Crippen molar-refractivity contribution in [3.05, 3.63) is 53.6 Å². The summed E-state index contributed by atoms with van der Waals surface area (Å²) in [7, 11) is -3.59. The monoisotopic (exact) mass is 360 g/mol. The minimum absolute atomic E-state index is 0.0852. The maximum atomic E-state index is 13.1. The summed E-state index contributed by atoms with van der Waals surface area (Å²) in [6.45, 7) is 2.16. The molecule has 3 atom stereocenters. The van der Waals surface area contributed by atoms with Crippen molar-refractivity contribution in [3.8, 4) is 11.5 Å². The van der Waals surface area contributed by atoms with E-state index in [0.29, 0.717) is 11.5 Å². The molecule has 7 heteroatoms. The number of sulfone groups is 1. The molecule has 0 amide bonds. The number of aryl methyl sites for hydroxylation is 1. The van der Waals surface area contributed by atoms with Crippen molar-refractivity contribution < 1.29 is 17.9 Å². The van der Waals surface area contributed by atoms with Crippen LogP contribution in [0.25, 0.3) is 0 Å². The minimum atomic E-state index is -3.59. The van der Waals surface area contributed by atoms with Gasteiger partial charge in [-0.25, -0.2) is 8.42 Å². The van der Waals surface area contributed by atoms with Crippen molar-refractivity contribution >= 4 is 9.84 Å². The Morgan fingerprint density at radius 2 is 1.80 bits per heavy atom. The van der Waals surface area contributed by atoms with E-state index in [4.69, 9.17) is 20.9 Å². The maximum Gasteiger partial charge on any atom is 0.231 e. The normalized spacial score (nSPS) is 27.3. The molecule has 1 saturated carbocycles. The molecular formula is C18H20N2O4S. The Bertz CT molecular complexity index is 927. The molecule has 1 aliphatic heterocycles. The van der Waals surface area contributed by atoms with E-state index in [9.17, 15) is 8.42 Å². The third-order valence-electron chi connectivity index (χ3n) is 5.10. The standard InChI is InChI=1S/C18H20N2O4S/c1-11-2-5-13(6-3-11)25(21,22)17-16(18(17,20)9-19)12-4-7-14-15(8-12)24-10-23-14/h2-8,16-17H,9-10,19-20H2,1H3/t16-,17+,18-/m0/s1. The van der Waals surface area contributed by atoms with Crippen LogP contribution in [0.4, 0.5) is 0 Å². The lowest BCUT2D eigenvalue weighted by atomic mass is 10.1. The highest BCUT2D eigenvalue weighted by Gasteiger charge is 2.68. The Morgan fingerprint density at radius 3 is 2.48 bits per heavy atom. The summed E-state index contributed by atoms with van der Waals surface area (Å²) in [4.78, 5) is 0.273. The zero-order valence-corrected chi connectivity index (χ0v) is 14.6. The second-order valence-corrected chi connectivity index (χ2v) is 8.75. The molecule has 0 aromatic heterocycles. The first kappa shape index (κ1) is 16.4. The van der Waals surface area contributed by atoms with Gasteiger partial charge in [0.1, 0.15) is 0 Å². The molecule has 2 aromatic rings. The van der Waals surface area contributed by atoms with Gasteiger partial charge in [0.15, 0.2) is 21.3 Å². The number of nitrogens with two attached hydrogens (primary N) is 2. The molecular weight excluding hydrogens is 340 g/mol. The molecule has 4 rings (SSSR count). The predicted octanol–water partition coefficient (Wildman–Crippen LogP) is 1.32. The van der Waals surface area contributed by atoms with Crippen LogP contribution in [0.15, 0.2) is 47.4 Å². The fourth-order valence-electron chi connectivity index (χ4n) is 3.60. The van der Waals surface area contributed by atoms with E-state index in [0.717, 1.165) is 11.1 Å². The molecule has 0 bridgehead atoms. The fourth-order valence-corrected chi connectivity index (χ4v) is 5.92. The first-order chi connectivity index (χ1) is 11.9. The number of rotatable bonds is 4. The summed E-state index contributed by atoms with van der Waals surface area (Å²) < 4.78 is 36.9. The van der Waals surface area contributed by atoms with Gasteiger partial charge in [-0.1, -0.05) is 23.8 Å². The van der Waals surface area contributed by atoms with Crippen LogP contribution in [0.3, 0.4) is 0 Å². The van der Waals surface area contributed by atoms with Gasteiger partial charge < -0.3 is 20.9 Å². The summed E-state index contributed by atoms with van der Waals surface area (Å²) >= 11 is 0. The number of benzene rings is 2. The van der Waals surface area contributed by atoms with Crippen LogP contribution >= 0.6 is 0 Å². The largest absolute Gasteiger partial charge is 0.454 e. The Hall–Kier alpha value is -2.09. The van der Waals surface area contributed by atoms with Crippen LogP contribution in [0.2, 0.25) is 0 Å². The second kappa shape index (κ2) is 5.45. The zero-order chi connectivity index (χ0) is 17.8. The molecule has 0 spiro atoms. The molecule has 132 valence electrons. The SMILES string of the molecule is Cc1ccc(S(=O)(=O)[C@@H]2[C@H](c3ccc4c(c3)OCO4)[C@@]2(N)CN)cc1. The Labute approximate surface area is 146 Å². The highest BCUT2D eigenvalue weighted by molar-refractivity contribution is 7.92. The highest BCUT2D eigenvalue weighted by atomic mass is 32.2. The van der Waals surface area contributed by atoms with Crippen molar-refractivity contribution in [2.24, 2.45) is 11.5 Å². The van der Waals surface area contributed by atoms with E-state index >= 15 is 0 Å². The Morgan fingerprint density at radius 1 is 1.12 bits per heavy atom. The fraction of sp³-hybridized carbons (Fsp3) is 0.333. The number of fused-ring (bicyclic) bond motifs is 1. The van der Waals surface area contributed by atoms with Crippen molar-refractivity contribution in [2.45, 2.75) is 28.5 Å². The molecule has 0 radical (unpaired) electrons. The summed E-state index contributed by atoms with van der Waals surface area (Å²) in [6, 6.07) is 12.2. The molecule has 4 N–H and O–H groups in total. The lowest BCUT2D eigenvalue weighted by Crippen LogP contribution is -2.39. The van der Waals surface area contributed by atoms with Crippen molar-refractivity contribution in [1.82, 2.24) is 0 Å². The molecule has 1 fully saturated rings. The van der Waals surface area contributed by atoms with E-state index < -0.39 is 20.6 Å². The maximum absolute atomic E-state index is 13.1. The van der Waals surface area contributed by atoms with Gasteiger partial charge in [0, 0.05) is 12.5 Å². The minimum Gasteiger partial charge on any atom is -0.454 e. The van der Waals surface area contributed by atoms with E-state index in [1.165, 1.54) is 0 Å². The van der Waals surface area contributed by atoms with Crippen molar-refractivity contribution in [2.75, 3.05) is 13.3 Å². The van der Waals surface area contributed by atoms with Gasteiger partial charge in [0.25, 0.3) is 0 Å². The van der Waals surface area contributed by atoms with E-state index in [1.54, 1.807) is 36.4 Å². The van der Waals surface area contributed by atoms with Gasteiger partial charge in [-0.15, -0.1) is 0 Å². The molecule has 25 heavy (non-hydrogen) atoms.